The first-order valence-corrected chi connectivity index (χ1v) is 5.67. The predicted octanol–water partition coefficient (Wildman–Crippen LogP) is 1.64. The number of thiol groups is 1. The highest BCUT2D eigenvalue weighted by molar-refractivity contribution is 7.81. The number of aryl methyl sites for hydroxylation is 1. The zero-order chi connectivity index (χ0) is 12.5. The average Bonchev–Trinajstić information content (AvgIpc) is 2.45. The summed E-state index contributed by atoms with van der Waals surface area (Å²) in [7, 11) is 1.84. The van der Waals surface area contributed by atoms with Crippen molar-refractivity contribution in [3.63, 3.8) is 0 Å². The third kappa shape index (κ3) is 3.01. The van der Waals surface area contributed by atoms with E-state index in [0.29, 0.717) is 6.42 Å². The molecule has 16 heavy (non-hydrogen) atoms. The summed E-state index contributed by atoms with van der Waals surface area (Å²) in [5.41, 5.74) is 1.82. The molecule has 0 saturated heterocycles. The molecule has 1 N–H and O–H groups in total. The van der Waals surface area contributed by atoms with Gasteiger partial charge >= 0.3 is 5.97 Å². The highest BCUT2D eigenvalue weighted by Crippen LogP contribution is 2.25. The first kappa shape index (κ1) is 13.1. The van der Waals surface area contributed by atoms with Gasteiger partial charge in [0.15, 0.2) is 0 Å². The molecule has 0 fully saturated rings. The van der Waals surface area contributed by atoms with E-state index in [4.69, 9.17) is 5.11 Å². The summed E-state index contributed by atoms with van der Waals surface area (Å²) in [6.45, 7) is 6.19. The molecule has 1 aromatic heterocycles. The van der Waals surface area contributed by atoms with E-state index < -0.39 is 11.2 Å². The fraction of sp³-hybridized carbons (Fsp3) is 0.636. The minimum atomic E-state index is -0.896. The summed E-state index contributed by atoms with van der Waals surface area (Å²) < 4.78 is 1.72. The van der Waals surface area contributed by atoms with Crippen LogP contribution in [-0.2, 0) is 23.7 Å². The molecule has 0 amide bonds. The third-order valence-electron chi connectivity index (χ3n) is 2.31. The van der Waals surface area contributed by atoms with Crippen molar-refractivity contribution in [2.24, 2.45) is 7.05 Å². The molecular weight excluding hydrogens is 224 g/mol. The van der Waals surface area contributed by atoms with Gasteiger partial charge in [-0.15, -0.1) is 0 Å². The Labute approximate surface area is 101 Å². The summed E-state index contributed by atoms with van der Waals surface area (Å²) >= 11 is 4.05. The normalized spacial score (nSPS) is 13.8. The average molecular weight is 242 g/mol. The second-order valence-electron chi connectivity index (χ2n) is 4.98. The maximum Gasteiger partial charge on any atom is 0.316 e. The summed E-state index contributed by atoms with van der Waals surface area (Å²) in [5.74, 6) is -0.896. The maximum atomic E-state index is 10.8. The lowest BCUT2D eigenvalue weighted by molar-refractivity contribution is -0.136. The van der Waals surface area contributed by atoms with Crippen molar-refractivity contribution in [3.8, 4) is 0 Å². The summed E-state index contributed by atoms with van der Waals surface area (Å²) in [6, 6.07) is 0. The molecule has 1 rings (SSSR count). The second-order valence-corrected chi connectivity index (χ2v) is 5.61. The lowest BCUT2D eigenvalue weighted by Gasteiger charge is -2.18. The summed E-state index contributed by atoms with van der Waals surface area (Å²) in [5, 5.41) is 12.5. The molecule has 0 radical (unpaired) electrons. The molecule has 1 heterocycles. The molecule has 4 nitrogen and oxygen atoms in total. The summed E-state index contributed by atoms with van der Waals surface area (Å²) in [4.78, 5) is 10.8. The van der Waals surface area contributed by atoms with Gasteiger partial charge in [-0.1, -0.05) is 20.8 Å². The number of carboxylic acid groups (broad SMARTS) is 1. The van der Waals surface area contributed by atoms with E-state index >= 15 is 0 Å². The van der Waals surface area contributed by atoms with Gasteiger partial charge in [-0.2, -0.15) is 17.7 Å². The molecule has 0 aliphatic carbocycles. The van der Waals surface area contributed by atoms with Crippen molar-refractivity contribution in [1.82, 2.24) is 9.78 Å². The van der Waals surface area contributed by atoms with E-state index in [-0.39, 0.29) is 5.41 Å². The predicted molar refractivity (Wildman–Crippen MR) is 66.0 cm³/mol. The zero-order valence-corrected chi connectivity index (χ0v) is 11.0. The number of hydrogen-bond acceptors (Lipinski definition) is 3. The molecule has 90 valence electrons. The Morgan fingerprint density at radius 2 is 2.19 bits per heavy atom. The Morgan fingerprint density at radius 3 is 2.62 bits per heavy atom. The molecule has 0 spiro atoms. The molecule has 0 saturated carbocycles. The van der Waals surface area contributed by atoms with Crippen LogP contribution in [0, 0.1) is 0 Å². The van der Waals surface area contributed by atoms with E-state index in [1.54, 1.807) is 4.68 Å². The molecular formula is C11H18N2O2S. The number of nitrogens with zero attached hydrogens (tertiary/aromatic N) is 2. The van der Waals surface area contributed by atoms with Crippen LogP contribution in [-0.4, -0.2) is 26.1 Å². The van der Waals surface area contributed by atoms with E-state index in [1.807, 2.05) is 13.2 Å². The van der Waals surface area contributed by atoms with E-state index in [2.05, 4.69) is 38.5 Å². The van der Waals surface area contributed by atoms with E-state index in [0.717, 1.165) is 11.3 Å². The highest BCUT2D eigenvalue weighted by Gasteiger charge is 2.24. The Balaban J connectivity index is 3.00. The van der Waals surface area contributed by atoms with Crippen LogP contribution in [0.25, 0.3) is 0 Å². The molecule has 5 heteroatoms. The molecule has 1 unspecified atom stereocenters. The molecule has 0 aliphatic rings. The van der Waals surface area contributed by atoms with Gasteiger partial charge in [-0.05, 0) is 12.0 Å². The van der Waals surface area contributed by atoms with Crippen LogP contribution in [0.3, 0.4) is 0 Å². The van der Waals surface area contributed by atoms with Crippen LogP contribution < -0.4 is 0 Å². The number of carboxylic acids is 1. The lowest BCUT2D eigenvalue weighted by Crippen LogP contribution is -2.20. The Hall–Kier alpha value is -0.970. The van der Waals surface area contributed by atoms with E-state index in [1.165, 1.54) is 0 Å². The zero-order valence-electron chi connectivity index (χ0n) is 10.1. The Kier molecular flexibility index (Phi) is 3.68. The minimum Gasteiger partial charge on any atom is -0.480 e. The number of aromatic nitrogens is 2. The van der Waals surface area contributed by atoms with Crippen molar-refractivity contribution in [3.05, 3.63) is 17.5 Å². The van der Waals surface area contributed by atoms with Crippen LogP contribution in [0.15, 0.2) is 6.20 Å². The van der Waals surface area contributed by atoms with Crippen molar-refractivity contribution in [1.29, 1.82) is 0 Å². The maximum absolute atomic E-state index is 10.8. The minimum absolute atomic E-state index is 0.0808. The Morgan fingerprint density at radius 1 is 1.62 bits per heavy atom. The van der Waals surface area contributed by atoms with E-state index in [9.17, 15) is 4.79 Å². The van der Waals surface area contributed by atoms with Crippen molar-refractivity contribution in [2.75, 3.05) is 0 Å². The standard InChI is InChI=1S/C11H18N2O2S/c1-11(2,3)9-7(6-13(4)12-9)5-8(16)10(14)15/h6,8,16H,5H2,1-4H3,(H,14,15). The van der Waals surface area contributed by atoms with Crippen molar-refractivity contribution >= 4 is 18.6 Å². The first-order chi connectivity index (χ1) is 7.21. The van der Waals surface area contributed by atoms with Crippen LogP contribution in [0.5, 0.6) is 0 Å². The van der Waals surface area contributed by atoms with Gasteiger partial charge < -0.3 is 5.11 Å². The number of rotatable bonds is 3. The lowest BCUT2D eigenvalue weighted by atomic mass is 9.88. The second kappa shape index (κ2) is 4.49. The third-order valence-corrected chi connectivity index (χ3v) is 2.72. The molecule has 1 atom stereocenters. The Bertz CT molecular complexity index is 393. The quantitative estimate of drug-likeness (QED) is 0.792. The fourth-order valence-electron chi connectivity index (χ4n) is 1.61. The SMILES string of the molecule is Cn1cc(CC(S)C(=O)O)c(C(C)(C)C)n1. The van der Waals surface area contributed by atoms with Crippen LogP contribution in [0.1, 0.15) is 32.0 Å². The fourth-order valence-corrected chi connectivity index (χ4v) is 1.81. The molecule has 0 aliphatic heterocycles. The summed E-state index contributed by atoms with van der Waals surface area (Å²) in [6.07, 6.45) is 2.27. The van der Waals surface area contributed by atoms with Gasteiger partial charge in [0.2, 0.25) is 0 Å². The van der Waals surface area contributed by atoms with Crippen LogP contribution in [0.4, 0.5) is 0 Å². The van der Waals surface area contributed by atoms with Gasteiger partial charge in [0.1, 0.15) is 5.25 Å². The number of hydrogen-bond donors (Lipinski definition) is 2. The van der Waals surface area contributed by atoms with Crippen molar-refractivity contribution in [2.45, 2.75) is 37.9 Å². The van der Waals surface area contributed by atoms with Gasteiger partial charge in [0, 0.05) is 18.7 Å². The number of aliphatic carboxylic acids is 1. The van der Waals surface area contributed by atoms with Gasteiger partial charge in [-0.3, -0.25) is 9.48 Å². The molecule has 0 bridgehead atoms. The van der Waals surface area contributed by atoms with Gasteiger partial charge in [0.05, 0.1) is 5.69 Å². The molecule has 1 aromatic rings. The topological polar surface area (TPSA) is 55.1 Å². The smallest absolute Gasteiger partial charge is 0.316 e. The monoisotopic (exact) mass is 242 g/mol. The first-order valence-electron chi connectivity index (χ1n) is 5.15. The van der Waals surface area contributed by atoms with Crippen LogP contribution >= 0.6 is 12.6 Å². The number of carbonyl (C=O) groups is 1. The van der Waals surface area contributed by atoms with Crippen molar-refractivity contribution < 1.29 is 9.90 Å². The van der Waals surface area contributed by atoms with Gasteiger partial charge in [-0.25, -0.2) is 0 Å². The largest absolute Gasteiger partial charge is 0.480 e. The highest BCUT2D eigenvalue weighted by atomic mass is 32.1. The van der Waals surface area contributed by atoms with Crippen LogP contribution in [0.2, 0.25) is 0 Å². The molecule has 0 aromatic carbocycles. The van der Waals surface area contributed by atoms with Gasteiger partial charge in [0.25, 0.3) is 0 Å².